The van der Waals surface area contributed by atoms with Crippen LogP contribution in [0.25, 0.3) is 0 Å². The van der Waals surface area contributed by atoms with E-state index in [1.54, 1.807) is 12.1 Å². The number of rotatable bonds is 4. The third-order valence-electron chi connectivity index (χ3n) is 3.70. The molecule has 2 heterocycles. The minimum Gasteiger partial charge on any atom is -0.474 e. The summed E-state index contributed by atoms with van der Waals surface area (Å²) >= 11 is 0. The SMILES string of the molecule is CCNN1c2cc(Cc3ccc(F)cc3)cnc2OC[C@@H]1C. The summed E-state index contributed by atoms with van der Waals surface area (Å²) in [4.78, 5) is 4.42. The van der Waals surface area contributed by atoms with Gasteiger partial charge in [0.15, 0.2) is 0 Å². The number of nitrogens with zero attached hydrogens (tertiary/aromatic N) is 2. The zero-order valence-corrected chi connectivity index (χ0v) is 12.8. The van der Waals surface area contributed by atoms with Gasteiger partial charge in [0, 0.05) is 12.7 Å². The quantitative estimate of drug-likeness (QED) is 0.942. The van der Waals surface area contributed by atoms with Gasteiger partial charge in [-0.2, -0.15) is 0 Å². The van der Waals surface area contributed by atoms with E-state index in [2.05, 4.69) is 35.3 Å². The number of pyridine rings is 1. The Morgan fingerprint density at radius 2 is 2.09 bits per heavy atom. The predicted molar refractivity (Wildman–Crippen MR) is 84.6 cm³/mol. The number of hydrazine groups is 1. The summed E-state index contributed by atoms with van der Waals surface area (Å²) in [6.07, 6.45) is 2.54. The van der Waals surface area contributed by atoms with Crippen molar-refractivity contribution in [2.24, 2.45) is 0 Å². The van der Waals surface area contributed by atoms with Gasteiger partial charge in [-0.25, -0.2) is 14.8 Å². The van der Waals surface area contributed by atoms with Crippen LogP contribution in [-0.2, 0) is 6.42 Å². The zero-order valence-electron chi connectivity index (χ0n) is 12.8. The molecule has 2 aromatic rings. The maximum Gasteiger partial charge on any atom is 0.239 e. The minimum absolute atomic E-state index is 0.215. The Morgan fingerprint density at radius 3 is 2.82 bits per heavy atom. The third-order valence-corrected chi connectivity index (χ3v) is 3.70. The van der Waals surface area contributed by atoms with Gasteiger partial charge in [-0.3, -0.25) is 5.01 Å². The highest BCUT2D eigenvalue weighted by atomic mass is 19.1. The highest BCUT2D eigenvalue weighted by Crippen LogP contribution is 2.31. The van der Waals surface area contributed by atoms with Gasteiger partial charge in [-0.15, -0.1) is 0 Å². The number of nitrogens with one attached hydrogen (secondary N) is 1. The Balaban J connectivity index is 1.87. The molecule has 0 radical (unpaired) electrons. The first kappa shape index (κ1) is 14.8. The average Bonchev–Trinajstić information content (AvgIpc) is 2.53. The van der Waals surface area contributed by atoms with Crippen molar-refractivity contribution in [1.29, 1.82) is 0 Å². The summed E-state index contributed by atoms with van der Waals surface area (Å²) in [5.41, 5.74) is 6.44. The van der Waals surface area contributed by atoms with Crippen LogP contribution in [0.15, 0.2) is 36.5 Å². The Labute approximate surface area is 129 Å². The van der Waals surface area contributed by atoms with Gasteiger partial charge in [0.25, 0.3) is 0 Å². The lowest BCUT2D eigenvalue weighted by molar-refractivity contribution is 0.250. The minimum atomic E-state index is -0.215. The second-order valence-electron chi connectivity index (χ2n) is 5.51. The number of hydrogen-bond donors (Lipinski definition) is 1. The van der Waals surface area contributed by atoms with E-state index in [0.717, 1.165) is 29.8 Å². The number of benzene rings is 1. The van der Waals surface area contributed by atoms with Crippen molar-refractivity contribution < 1.29 is 9.13 Å². The van der Waals surface area contributed by atoms with Crippen LogP contribution >= 0.6 is 0 Å². The van der Waals surface area contributed by atoms with Gasteiger partial charge in [-0.1, -0.05) is 19.1 Å². The van der Waals surface area contributed by atoms with Crippen LogP contribution in [-0.4, -0.2) is 24.2 Å². The lowest BCUT2D eigenvalue weighted by Crippen LogP contribution is -2.49. The molecule has 0 aliphatic carbocycles. The maximum absolute atomic E-state index is 13.0. The van der Waals surface area contributed by atoms with E-state index >= 15 is 0 Å². The molecule has 4 nitrogen and oxygen atoms in total. The molecule has 1 aromatic heterocycles. The molecule has 0 saturated carbocycles. The Hall–Kier alpha value is -2.14. The topological polar surface area (TPSA) is 37.4 Å². The molecule has 1 aliphatic rings. The number of fused-ring (bicyclic) bond motifs is 1. The number of ether oxygens (including phenoxy) is 1. The molecule has 0 bridgehead atoms. The predicted octanol–water partition coefficient (Wildman–Crippen LogP) is 2.92. The molecule has 0 amide bonds. The van der Waals surface area contributed by atoms with Gasteiger partial charge in [-0.05, 0) is 42.7 Å². The fourth-order valence-corrected chi connectivity index (χ4v) is 2.62. The summed E-state index contributed by atoms with van der Waals surface area (Å²) < 4.78 is 18.7. The second-order valence-corrected chi connectivity index (χ2v) is 5.51. The number of halogens is 1. The lowest BCUT2D eigenvalue weighted by atomic mass is 10.1. The van der Waals surface area contributed by atoms with E-state index in [1.807, 2.05) is 6.20 Å². The van der Waals surface area contributed by atoms with E-state index in [-0.39, 0.29) is 11.9 Å². The molecule has 1 N–H and O–H groups in total. The average molecular weight is 301 g/mol. The molecular formula is C17H20FN3O. The first-order valence-corrected chi connectivity index (χ1v) is 7.56. The highest BCUT2D eigenvalue weighted by molar-refractivity contribution is 5.58. The van der Waals surface area contributed by atoms with E-state index in [4.69, 9.17) is 4.74 Å². The Kier molecular flexibility index (Phi) is 4.24. The number of aromatic nitrogens is 1. The Bertz CT molecular complexity index is 645. The summed E-state index contributed by atoms with van der Waals surface area (Å²) in [5, 5.41) is 2.11. The van der Waals surface area contributed by atoms with Crippen LogP contribution in [0.4, 0.5) is 10.1 Å². The van der Waals surface area contributed by atoms with Crippen molar-refractivity contribution in [2.75, 3.05) is 18.2 Å². The van der Waals surface area contributed by atoms with E-state index in [1.165, 1.54) is 12.1 Å². The summed E-state index contributed by atoms with van der Waals surface area (Å²) in [5.74, 6) is 0.440. The third kappa shape index (κ3) is 3.04. The van der Waals surface area contributed by atoms with Crippen LogP contribution < -0.4 is 15.2 Å². The molecule has 5 heteroatoms. The van der Waals surface area contributed by atoms with Crippen molar-refractivity contribution in [3.63, 3.8) is 0 Å². The smallest absolute Gasteiger partial charge is 0.239 e. The lowest BCUT2D eigenvalue weighted by Gasteiger charge is -2.36. The molecule has 0 spiro atoms. The largest absolute Gasteiger partial charge is 0.474 e. The maximum atomic E-state index is 13.0. The van der Waals surface area contributed by atoms with E-state index in [9.17, 15) is 4.39 Å². The van der Waals surface area contributed by atoms with Crippen molar-refractivity contribution in [3.8, 4) is 5.88 Å². The molecule has 22 heavy (non-hydrogen) atoms. The van der Waals surface area contributed by atoms with Gasteiger partial charge in [0.1, 0.15) is 18.1 Å². The Morgan fingerprint density at radius 1 is 1.32 bits per heavy atom. The van der Waals surface area contributed by atoms with Gasteiger partial charge in [0.05, 0.1) is 6.04 Å². The van der Waals surface area contributed by atoms with Crippen LogP contribution in [0.3, 0.4) is 0 Å². The van der Waals surface area contributed by atoms with Crippen molar-refractivity contribution in [2.45, 2.75) is 26.3 Å². The standard InChI is InChI=1S/C17H20FN3O/c1-3-20-21-12(2)11-22-17-16(21)9-14(10-19-17)8-13-4-6-15(18)7-5-13/h4-7,9-10,12,20H,3,8,11H2,1-2H3/t12-/m0/s1. The molecule has 0 fully saturated rings. The zero-order chi connectivity index (χ0) is 15.5. The summed E-state index contributed by atoms with van der Waals surface area (Å²) in [6.45, 7) is 5.63. The molecule has 3 rings (SSSR count). The highest BCUT2D eigenvalue weighted by Gasteiger charge is 2.25. The first-order valence-electron chi connectivity index (χ1n) is 7.56. The fraction of sp³-hybridized carbons (Fsp3) is 0.353. The first-order chi connectivity index (χ1) is 10.7. The van der Waals surface area contributed by atoms with Crippen LogP contribution in [0.1, 0.15) is 25.0 Å². The monoisotopic (exact) mass is 301 g/mol. The number of anilines is 1. The van der Waals surface area contributed by atoms with Crippen LogP contribution in [0.2, 0.25) is 0 Å². The molecular weight excluding hydrogens is 281 g/mol. The molecule has 0 saturated heterocycles. The normalized spacial score (nSPS) is 17.0. The van der Waals surface area contributed by atoms with Gasteiger partial charge >= 0.3 is 0 Å². The van der Waals surface area contributed by atoms with Crippen molar-refractivity contribution >= 4 is 5.69 Å². The van der Waals surface area contributed by atoms with Crippen molar-refractivity contribution in [1.82, 2.24) is 10.4 Å². The van der Waals surface area contributed by atoms with Gasteiger partial charge < -0.3 is 4.74 Å². The van der Waals surface area contributed by atoms with Crippen molar-refractivity contribution in [3.05, 3.63) is 53.5 Å². The van der Waals surface area contributed by atoms with E-state index < -0.39 is 0 Å². The molecule has 1 aromatic carbocycles. The number of hydrogen-bond acceptors (Lipinski definition) is 4. The molecule has 0 unspecified atom stereocenters. The summed E-state index contributed by atoms with van der Waals surface area (Å²) in [6, 6.07) is 8.90. The van der Waals surface area contributed by atoms with Gasteiger partial charge in [0.2, 0.25) is 5.88 Å². The van der Waals surface area contributed by atoms with E-state index in [0.29, 0.717) is 12.5 Å². The van der Waals surface area contributed by atoms with Crippen LogP contribution in [0, 0.1) is 5.82 Å². The fourth-order valence-electron chi connectivity index (χ4n) is 2.62. The molecule has 1 aliphatic heterocycles. The summed E-state index contributed by atoms with van der Waals surface area (Å²) in [7, 11) is 0. The van der Waals surface area contributed by atoms with Crippen LogP contribution in [0.5, 0.6) is 5.88 Å². The molecule has 1 atom stereocenters. The molecule has 116 valence electrons. The second kappa shape index (κ2) is 6.32.